The number of carbonyl (C=O) groups excluding carboxylic acids is 2. The van der Waals surface area contributed by atoms with Crippen LogP contribution in [0.25, 0.3) is 0 Å². The zero-order chi connectivity index (χ0) is 18.3. The third-order valence-electron chi connectivity index (χ3n) is 3.48. The molecule has 1 amide bonds. The first-order valence-corrected chi connectivity index (χ1v) is 10.6. The van der Waals surface area contributed by atoms with Crippen molar-refractivity contribution in [2.24, 2.45) is 0 Å². The van der Waals surface area contributed by atoms with Crippen molar-refractivity contribution in [2.45, 2.75) is 25.4 Å². The van der Waals surface area contributed by atoms with Crippen LogP contribution < -0.4 is 10.0 Å². The summed E-state index contributed by atoms with van der Waals surface area (Å²) < 4.78 is 34.7. The number of hydrogen-bond donors (Lipinski definition) is 2. The van der Waals surface area contributed by atoms with Gasteiger partial charge in [0.15, 0.2) is 6.61 Å². The third kappa shape index (κ3) is 7.51. The molecule has 0 bridgehead atoms. The lowest BCUT2D eigenvalue weighted by Gasteiger charge is -2.10. The SMILES string of the molecule is CS(=O)(=O)NCCc1ccc(C(=O)OCC(=O)NCC2CCCO2)s1. The summed E-state index contributed by atoms with van der Waals surface area (Å²) in [5, 5.41) is 2.68. The number of thiophene rings is 1. The van der Waals surface area contributed by atoms with Crippen molar-refractivity contribution in [1.29, 1.82) is 0 Å². The van der Waals surface area contributed by atoms with E-state index >= 15 is 0 Å². The Bertz CT molecular complexity index is 695. The van der Waals surface area contributed by atoms with Crippen molar-refractivity contribution >= 4 is 33.2 Å². The molecule has 0 radical (unpaired) electrons. The Kier molecular flexibility index (Phi) is 7.36. The van der Waals surface area contributed by atoms with Crippen LogP contribution in [-0.2, 0) is 30.7 Å². The number of sulfonamides is 1. The Hall–Kier alpha value is -1.49. The molecular formula is C15H22N2O6S2. The molecule has 10 heteroatoms. The molecule has 1 fully saturated rings. The molecular weight excluding hydrogens is 368 g/mol. The summed E-state index contributed by atoms with van der Waals surface area (Å²) in [6, 6.07) is 3.34. The molecule has 1 unspecified atom stereocenters. The van der Waals surface area contributed by atoms with Gasteiger partial charge in [0.25, 0.3) is 5.91 Å². The minimum Gasteiger partial charge on any atom is -0.451 e. The van der Waals surface area contributed by atoms with E-state index in [4.69, 9.17) is 9.47 Å². The lowest BCUT2D eigenvalue weighted by atomic mass is 10.2. The molecule has 2 N–H and O–H groups in total. The number of nitrogens with one attached hydrogen (secondary N) is 2. The molecule has 2 heterocycles. The molecule has 1 aliphatic rings. The number of ether oxygens (including phenoxy) is 2. The van der Waals surface area contributed by atoms with Crippen molar-refractivity contribution in [3.8, 4) is 0 Å². The van der Waals surface area contributed by atoms with Crippen molar-refractivity contribution in [1.82, 2.24) is 10.0 Å². The van der Waals surface area contributed by atoms with Crippen molar-refractivity contribution < 1.29 is 27.5 Å². The van der Waals surface area contributed by atoms with Crippen LogP contribution in [0.3, 0.4) is 0 Å². The fourth-order valence-electron chi connectivity index (χ4n) is 2.27. The summed E-state index contributed by atoms with van der Waals surface area (Å²) >= 11 is 1.22. The minimum atomic E-state index is -3.22. The molecule has 140 valence electrons. The first-order valence-electron chi connectivity index (χ1n) is 7.92. The van der Waals surface area contributed by atoms with Crippen molar-refractivity contribution in [3.63, 3.8) is 0 Å². The van der Waals surface area contributed by atoms with E-state index in [0.29, 0.717) is 17.8 Å². The lowest BCUT2D eigenvalue weighted by Crippen LogP contribution is -2.34. The van der Waals surface area contributed by atoms with Gasteiger partial charge in [-0.25, -0.2) is 17.9 Å². The van der Waals surface area contributed by atoms with Crippen molar-refractivity contribution in [2.75, 3.05) is 32.6 Å². The van der Waals surface area contributed by atoms with Crippen molar-refractivity contribution in [3.05, 3.63) is 21.9 Å². The maximum Gasteiger partial charge on any atom is 0.348 e. The predicted molar refractivity (Wildman–Crippen MR) is 93.1 cm³/mol. The Morgan fingerprint density at radius 1 is 1.40 bits per heavy atom. The van der Waals surface area contributed by atoms with Gasteiger partial charge < -0.3 is 14.8 Å². The summed E-state index contributed by atoms with van der Waals surface area (Å²) in [6.45, 7) is 1.07. The van der Waals surface area contributed by atoms with Gasteiger partial charge in [0.05, 0.1) is 12.4 Å². The standard InChI is InChI=1S/C15H22N2O6S2/c1-25(20,21)17-7-6-12-4-5-13(24-12)15(19)23-10-14(18)16-9-11-3-2-8-22-11/h4-5,11,17H,2-3,6-10H2,1H3,(H,16,18). The monoisotopic (exact) mass is 390 g/mol. The van der Waals surface area contributed by atoms with Gasteiger partial charge in [-0.1, -0.05) is 0 Å². The van der Waals surface area contributed by atoms with E-state index in [0.717, 1.165) is 30.6 Å². The second-order valence-corrected chi connectivity index (χ2v) is 8.70. The molecule has 2 rings (SSSR count). The Morgan fingerprint density at radius 2 is 2.20 bits per heavy atom. The van der Waals surface area contributed by atoms with Crippen LogP contribution in [0, 0.1) is 0 Å². The van der Waals surface area contributed by atoms with Crippen LogP contribution in [0.5, 0.6) is 0 Å². The Balaban J connectivity index is 1.68. The van der Waals surface area contributed by atoms with E-state index in [-0.39, 0.29) is 25.2 Å². The third-order valence-corrected chi connectivity index (χ3v) is 5.34. The molecule has 0 aromatic carbocycles. The van der Waals surface area contributed by atoms with Crippen LogP contribution >= 0.6 is 11.3 Å². The Labute approximate surface area is 150 Å². The minimum absolute atomic E-state index is 0.0417. The lowest BCUT2D eigenvalue weighted by molar-refractivity contribution is -0.124. The van der Waals surface area contributed by atoms with Gasteiger partial charge in [0, 0.05) is 24.6 Å². The molecule has 1 aromatic heterocycles. The number of amides is 1. The number of rotatable bonds is 9. The molecule has 8 nitrogen and oxygen atoms in total. The fourth-order valence-corrected chi connectivity index (χ4v) is 3.64. The first-order chi connectivity index (χ1) is 11.8. The van der Waals surface area contributed by atoms with Gasteiger partial charge in [-0.15, -0.1) is 11.3 Å². The summed E-state index contributed by atoms with van der Waals surface area (Å²) in [5.74, 6) is -0.933. The van der Waals surface area contributed by atoms with E-state index in [1.54, 1.807) is 12.1 Å². The summed E-state index contributed by atoms with van der Waals surface area (Å²) in [7, 11) is -3.22. The number of hydrogen-bond acceptors (Lipinski definition) is 7. The largest absolute Gasteiger partial charge is 0.451 e. The normalized spacial score (nSPS) is 17.4. The van der Waals surface area contributed by atoms with Gasteiger partial charge in [-0.3, -0.25) is 4.79 Å². The fraction of sp³-hybridized carbons (Fsp3) is 0.600. The second-order valence-electron chi connectivity index (χ2n) is 5.70. The van der Waals surface area contributed by atoms with Crippen LogP contribution in [0.15, 0.2) is 12.1 Å². The zero-order valence-corrected chi connectivity index (χ0v) is 15.6. The molecule has 1 saturated heterocycles. The highest BCUT2D eigenvalue weighted by Gasteiger charge is 2.17. The summed E-state index contributed by atoms with van der Waals surface area (Å²) in [6.07, 6.45) is 3.53. The molecule has 25 heavy (non-hydrogen) atoms. The van der Waals surface area contributed by atoms with E-state index in [1.165, 1.54) is 11.3 Å². The van der Waals surface area contributed by atoms with E-state index in [1.807, 2.05) is 0 Å². The highest BCUT2D eigenvalue weighted by molar-refractivity contribution is 7.88. The second kappa shape index (κ2) is 9.27. The molecule has 0 aliphatic carbocycles. The Morgan fingerprint density at radius 3 is 2.88 bits per heavy atom. The highest BCUT2D eigenvalue weighted by atomic mass is 32.2. The molecule has 0 saturated carbocycles. The zero-order valence-electron chi connectivity index (χ0n) is 13.9. The van der Waals surface area contributed by atoms with Gasteiger partial charge in [-0.2, -0.15) is 0 Å². The molecule has 1 aliphatic heterocycles. The van der Waals surface area contributed by atoms with Crippen LogP contribution in [-0.4, -0.2) is 59.0 Å². The number of esters is 1. The molecule has 0 spiro atoms. The van der Waals surface area contributed by atoms with Crippen LogP contribution in [0.4, 0.5) is 0 Å². The maximum atomic E-state index is 11.9. The summed E-state index contributed by atoms with van der Waals surface area (Å²) in [4.78, 5) is 24.8. The maximum absolute atomic E-state index is 11.9. The topological polar surface area (TPSA) is 111 Å². The van der Waals surface area contributed by atoms with Gasteiger partial charge >= 0.3 is 5.97 Å². The summed E-state index contributed by atoms with van der Waals surface area (Å²) in [5.41, 5.74) is 0. The van der Waals surface area contributed by atoms with E-state index in [2.05, 4.69) is 10.0 Å². The highest BCUT2D eigenvalue weighted by Crippen LogP contribution is 2.18. The van der Waals surface area contributed by atoms with Crippen LogP contribution in [0.2, 0.25) is 0 Å². The van der Waals surface area contributed by atoms with Gasteiger partial charge in [0.1, 0.15) is 4.88 Å². The van der Waals surface area contributed by atoms with E-state index < -0.39 is 16.0 Å². The number of carbonyl (C=O) groups is 2. The van der Waals surface area contributed by atoms with Crippen LogP contribution in [0.1, 0.15) is 27.4 Å². The predicted octanol–water partition coefficient (Wildman–Crippen LogP) is 0.292. The molecule has 1 aromatic rings. The van der Waals surface area contributed by atoms with Gasteiger partial charge in [0.2, 0.25) is 10.0 Å². The van der Waals surface area contributed by atoms with Gasteiger partial charge in [-0.05, 0) is 31.4 Å². The smallest absolute Gasteiger partial charge is 0.348 e. The van der Waals surface area contributed by atoms with E-state index in [9.17, 15) is 18.0 Å². The quantitative estimate of drug-likeness (QED) is 0.587. The molecule has 1 atom stereocenters. The average molecular weight is 390 g/mol. The average Bonchev–Trinajstić information content (AvgIpc) is 3.21. The first kappa shape index (κ1) is 19.8.